The van der Waals surface area contributed by atoms with Gasteiger partial charge in [0.2, 0.25) is 0 Å². The van der Waals surface area contributed by atoms with Gasteiger partial charge in [-0.2, -0.15) is 13.2 Å². The number of morpholine rings is 1. The van der Waals surface area contributed by atoms with Crippen LogP contribution in [0.3, 0.4) is 0 Å². The van der Waals surface area contributed by atoms with Crippen LogP contribution < -0.4 is 0 Å². The molecule has 2 atom stereocenters. The molecule has 1 aromatic carbocycles. The van der Waals surface area contributed by atoms with E-state index in [1.165, 1.54) is 12.1 Å². The molecule has 2 saturated heterocycles. The second-order valence-electron chi connectivity index (χ2n) is 5.93. The molecule has 2 aliphatic rings. The summed E-state index contributed by atoms with van der Waals surface area (Å²) >= 11 is 0. The number of rotatable bonds is 3. The molecular weight excluding hydrogens is 295 g/mol. The molecule has 2 heterocycles. The van der Waals surface area contributed by atoms with Crippen molar-refractivity contribution in [2.75, 3.05) is 39.5 Å². The fourth-order valence-corrected chi connectivity index (χ4v) is 3.18. The van der Waals surface area contributed by atoms with Gasteiger partial charge in [0.05, 0.1) is 24.9 Å². The Morgan fingerprint density at radius 1 is 1.18 bits per heavy atom. The highest BCUT2D eigenvalue weighted by Gasteiger charge is 2.36. The summed E-state index contributed by atoms with van der Waals surface area (Å²) in [6.45, 7) is 4.14. The van der Waals surface area contributed by atoms with E-state index in [0.717, 1.165) is 38.8 Å². The van der Waals surface area contributed by atoms with Crippen LogP contribution in [0.5, 0.6) is 0 Å². The van der Waals surface area contributed by atoms with E-state index in [0.29, 0.717) is 19.1 Å². The molecule has 2 aliphatic heterocycles. The minimum atomic E-state index is -4.35. The molecule has 0 aliphatic carbocycles. The van der Waals surface area contributed by atoms with Crippen molar-refractivity contribution in [2.45, 2.75) is 18.7 Å². The molecule has 2 fully saturated rings. The molecule has 0 radical (unpaired) electrons. The van der Waals surface area contributed by atoms with Crippen molar-refractivity contribution >= 4 is 0 Å². The molecular formula is C16H20F3NO2. The van der Waals surface area contributed by atoms with E-state index in [1.807, 2.05) is 0 Å². The van der Waals surface area contributed by atoms with E-state index in [4.69, 9.17) is 9.47 Å². The lowest BCUT2D eigenvalue weighted by Crippen LogP contribution is -2.41. The average Bonchev–Trinajstić information content (AvgIpc) is 3.00. The van der Waals surface area contributed by atoms with Crippen LogP contribution in [0.4, 0.5) is 13.2 Å². The normalized spacial score (nSPS) is 27.2. The van der Waals surface area contributed by atoms with Gasteiger partial charge in [0, 0.05) is 26.2 Å². The summed E-state index contributed by atoms with van der Waals surface area (Å²) < 4.78 is 50.4. The van der Waals surface area contributed by atoms with E-state index in [-0.39, 0.29) is 5.56 Å². The number of hydrogen-bond acceptors (Lipinski definition) is 3. The van der Waals surface area contributed by atoms with Gasteiger partial charge in [-0.1, -0.05) is 18.2 Å². The van der Waals surface area contributed by atoms with E-state index >= 15 is 0 Å². The maximum atomic E-state index is 13.1. The maximum absolute atomic E-state index is 13.1. The van der Waals surface area contributed by atoms with Crippen molar-refractivity contribution in [3.63, 3.8) is 0 Å². The topological polar surface area (TPSA) is 21.7 Å². The summed E-state index contributed by atoms with van der Waals surface area (Å²) in [5, 5.41) is 0. The first-order valence-electron chi connectivity index (χ1n) is 7.62. The van der Waals surface area contributed by atoms with E-state index in [1.54, 1.807) is 6.07 Å². The zero-order chi connectivity index (χ0) is 15.6. The van der Waals surface area contributed by atoms with Gasteiger partial charge in [-0.25, -0.2) is 0 Å². The Labute approximate surface area is 128 Å². The summed E-state index contributed by atoms with van der Waals surface area (Å²) in [5.74, 6) is 0.483. The zero-order valence-electron chi connectivity index (χ0n) is 12.3. The monoisotopic (exact) mass is 315 g/mol. The van der Waals surface area contributed by atoms with Crippen molar-refractivity contribution < 1.29 is 22.6 Å². The molecule has 0 N–H and O–H groups in total. The zero-order valence-corrected chi connectivity index (χ0v) is 12.3. The number of hydrogen-bond donors (Lipinski definition) is 0. The number of halogens is 3. The minimum absolute atomic E-state index is 0.238. The number of benzene rings is 1. The Hall–Kier alpha value is -1.11. The SMILES string of the molecule is FC(F)(F)c1ccccc1[C@H]1CN(C[C@@H]2CCOC2)CCO1. The largest absolute Gasteiger partial charge is 0.416 e. The predicted octanol–water partition coefficient (Wildman–Crippen LogP) is 3.12. The lowest BCUT2D eigenvalue weighted by atomic mass is 10.00. The van der Waals surface area contributed by atoms with Crippen molar-refractivity contribution in [2.24, 2.45) is 5.92 Å². The standard InChI is InChI=1S/C16H20F3NO2/c17-16(18,19)14-4-2-1-3-13(14)15-10-20(6-8-22-15)9-12-5-7-21-11-12/h1-4,12,15H,5-11H2/t12-,15+/m0/s1. The van der Waals surface area contributed by atoms with Gasteiger partial charge >= 0.3 is 6.18 Å². The maximum Gasteiger partial charge on any atom is 0.416 e. The molecule has 3 rings (SSSR count). The molecule has 0 amide bonds. The van der Waals surface area contributed by atoms with E-state index in [2.05, 4.69) is 4.90 Å². The van der Waals surface area contributed by atoms with Crippen LogP contribution in [0.25, 0.3) is 0 Å². The predicted molar refractivity (Wildman–Crippen MR) is 75.5 cm³/mol. The van der Waals surface area contributed by atoms with Crippen LogP contribution >= 0.6 is 0 Å². The van der Waals surface area contributed by atoms with Crippen molar-refractivity contribution in [1.29, 1.82) is 0 Å². The smallest absolute Gasteiger partial charge is 0.381 e. The Kier molecular flexibility index (Phi) is 4.70. The lowest BCUT2D eigenvalue weighted by molar-refractivity contribution is -0.140. The molecule has 0 aromatic heterocycles. The Bertz CT molecular complexity index is 500. The minimum Gasteiger partial charge on any atom is -0.381 e. The van der Waals surface area contributed by atoms with Gasteiger partial charge in [-0.15, -0.1) is 0 Å². The van der Waals surface area contributed by atoms with Crippen molar-refractivity contribution in [3.05, 3.63) is 35.4 Å². The number of ether oxygens (including phenoxy) is 2. The Morgan fingerprint density at radius 2 is 2.00 bits per heavy atom. The van der Waals surface area contributed by atoms with Crippen LogP contribution in [0.15, 0.2) is 24.3 Å². The molecule has 3 nitrogen and oxygen atoms in total. The molecule has 0 saturated carbocycles. The van der Waals surface area contributed by atoms with Gasteiger partial charge < -0.3 is 9.47 Å². The summed E-state index contributed by atoms with van der Waals surface area (Å²) in [6.07, 6.45) is -3.84. The Morgan fingerprint density at radius 3 is 2.73 bits per heavy atom. The fourth-order valence-electron chi connectivity index (χ4n) is 3.18. The highest BCUT2D eigenvalue weighted by Crippen LogP contribution is 2.36. The molecule has 6 heteroatoms. The molecule has 22 heavy (non-hydrogen) atoms. The lowest BCUT2D eigenvalue weighted by Gasteiger charge is -2.35. The molecule has 0 spiro atoms. The second kappa shape index (κ2) is 6.56. The third-order valence-corrected chi connectivity index (χ3v) is 4.30. The summed E-state index contributed by atoms with van der Waals surface area (Å²) in [7, 11) is 0. The van der Waals surface area contributed by atoms with Gasteiger partial charge in [-0.05, 0) is 24.0 Å². The van der Waals surface area contributed by atoms with Gasteiger partial charge in [0.25, 0.3) is 0 Å². The fraction of sp³-hybridized carbons (Fsp3) is 0.625. The quantitative estimate of drug-likeness (QED) is 0.855. The third kappa shape index (κ3) is 3.62. The first-order chi connectivity index (χ1) is 10.5. The number of alkyl halides is 3. The summed E-state index contributed by atoms with van der Waals surface area (Å²) in [5.41, 5.74) is -0.353. The van der Waals surface area contributed by atoms with Crippen LogP contribution in [0.1, 0.15) is 23.7 Å². The van der Waals surface area contributed by atoms with Crippen LogP contribution in [0, 0.1) is 5.92 Å². The van der Waals surface area contributed by atoms with Crippen LogP contribution in [-0.4, -0.2) is 44.4 Å². The van der Waals surface area contributed by atoms with Crippen LogP contribution in [-0.2, 0) is 15.7 Å². The average molecular weight is 315 g/mol. The van der Waals surface area contributed by atoms with Gasteiger partial charge in [0.15, 0.2) is 0 Å². The molecule has 0 bridgehead atoms. The first kappa shape index (κ1) is 15.8. The first-order valence-corrected chi connectivity index (χ1v) is 7.62. The molecule has 0 unspecified atom stereocenters. The highest BCUT2D eigenvalue weighted by molar-refractivity contribution is 5.32. The molecule has 1 aromatic rings. The van der Waals surface area contributed by atoms with Crippen molar-refractivity contribution in [3.8, 4) is 0 Å². The van der Waals surface area contributed by atoms with Gasteiger partial charge in [-0.3, -0.25) is 4.90 Å². The van der Waals surface area contributed by atoms with Crippen molar-refractivity contribution in [1.82, 2.24) is 4.90 Å². The highest BCUT2D eigenvalue weighted by atomic mass is 19.4. The molecule has 122 valence electrons. The summed E-state index contributed by atoms with van der Waals surface area (Å²) in [4.78, 5) is 2.20. The third-order valence-electron chi connectivity index (χ3n) is 4.30. The van der Waals surface area contributed by atoms with E-state index < -0.39 is 17.8 Å². The number of nitrogens with zero attached hydrogens (tertiary/aromatic N) is 1. The summed E-state index contributed by atoms with van der Waals surface area (Å²) in [6, 6.07) is 5.71. The van der Waals surface area contributed by atoms with E-state index in [9.17, 15) is 13.2 Å². The van der Waals surface area contributed by atoms with Crippen LogP contribution in [0.2, 0.25) is 0 Å². The Balaban J connectivity index is 1.72. The second-order valence-corrected chi connectivity index (χ2v) is 5.93. The van der Waals surface area contributed by atoms with Gasteiger partial charge in [0.1, 0.15) is 0 Å².